The molecule has 0 saturated heterocycles. The molecule has 0 aromatic rings. The largest absolute Gasteiger partial charge is 0.333 e. The lowest BCUT2D eigenvalue weighted by molar-refractivity contribution is -0.119. The van der Waals surface area contributed by atoms with Crippen LogP contribution in [-0.2, 0) is 4.79 Å². The van der Waals surface area contributed by atoms with Gasteiger partial charge in [0.15, 0.2) is 0 Å². The van der Waals surface area contributed by atoms with Gasteiger partial charge < -0.3 is 5.32 Å². The molecule has 0 atom stereocenters. The summed E-state index contributed by atoms with van der Waals surface area (Å²) < 4.78 is 0.328. The quantitative estimate of drug-likeness (QED) is 0.707. The number of carbonyl (C=O) groups excluding carboxylic acids is 1. The van der Waals surface area contributed by atoms with Crippen molar-refractivity contribution in [3.8, 4) is 0 Å². The van der Waals surface area contributed by atoms with Crippen molar-refractivity contribution in [2.45, 2.75) is 44.8 Å². The van der Waals surface area contributed by atoms with E-state index in [0.29, 0.717) is 11.2 Å². The minimum absolute atomic E-state index is 0.0575. The second-order valence-electron chi connectivity index (χ2n) is 3.53. The predicted octanol–water partition coefficient (Wildman–Crippen LogP) is 2.95. The number of amides is 1. The molecule has 0 bridgehead atoms. The van der Waals surface area contributed by atoms with Crippen LogP contribution in [0.5, 0.6) is 0 Å². The molecule has 0 aliphatic heterocycles. The van der Waals surface area contributed by atoms with Crippen LogP contribution in [0.15, 0.2) is 12.8 Å². The van der Waals surface area contributed by atoms with Crippen LogP contribution in [-0.4, -0.2) is 16.4 Å². The first-order chi connectivity index (χ1) is 6.58. The van der Waals surface area contributed by atoms with Crippen LogP contribution in [0.3, 0.4) is 0 Å². The van der Waals surface area contributed by atoms with E-state index in [2.05, 4.69) is 32.7 Å². The number of hydrogen-bond acceptors (Lipinski definition) is 2. The third-order valence-electron chi connectivity index (χ3n) is 2.54. The summed E-state index contributed by atoms with van der Waals surface area (Å²) in [4.78, 5) is 11.1. The van der Waals surface area contributed by atoms with Crippen LogP contribution in [0.25, 0.3) is 0 Å². The summed E-state index contributed by atoms with van der Waals surface area (Å²) in [6, 6.07) is 0. The number of carbonyl (C=O) groups is 1. The highest BCUT2D eigenvalue weighted by Crippen LogP contribution is 2.31. The molecular weight excluding hydrogens is 194 g/mol. The standard InChI is InChI=1S/C11H21NOS/c1-5-11(4,6-2)14-9-8-10(13)12-7-3/h7H,3,5-6,8-9H2,1-2,4H3,(H,12,13). The maximum Gasteiger partial charge on any atom is 0.224 e. The Morgan fingerprint density at radius 2 is 2.07 bits per heavy atom. The van der Waals surface area contributed by atoms with E-state index in [1.165, 1.54) is 6.20 Å². The Kier molecular flexibility index (Phi) is 6.71. The summed E-state index contributed by atoms with van der Waals surface area (Å²) in [6.07, 6.45) is 4.31. The van der Waals surface area contributed by atoms with Crippen molar-refractivity contribution in [3.63, 3.8) is 0 Å². The van der Waals surface area contributed by atoms with Gasteiger partial charge in [-0.1, -0.05) is 27.4 Å². The van der Waals surface area contributed by atoms with Gasteiger partial charge in [-0.3, -0.25) is 4.79 Å². The summed E-state index contributed by atoms with van der Waals surface area (Å²) in [7, 11) is 0. The first-order valence-electron chi connectivity index (χ1n) is 5.12. The maximum atomic E-state index is 11.1. The van der Waals surface area contributed by atoms with Crippen LogP contribution in [0.4, 0.5) is 0 Å². The van der Waals surface area contributed by atoms with Gasteiger partial charge in [0.1, 0.15) is 0 Å². The van der Waals surface area contributed by atoms with Crippen molar-refractivity contribution in [1.82, 2.24) is 5.32 Å². The highest BCUT2D eigenvalue weighted by Gasteiger charge is 2.19. The summed E-state index contributed by atoms with van der Waals surface area (Å²) >= 11 is 1.88. The van der Waals surface area contributed by atoms with Crippen LogP contribution in [0.2, 0.25) is 0 Å². The second-order valence-corrected chi connectivity index (χ2v) is 5.21. The van der Waals surface area contributed by atoms with Crippen LogP contribution < -0.4 is 5.32 Å². The molecule has 0 fully saturated rings. The van der Waals surface area contributed by atoms with E-state index >= 15 is 0 Å². The third kappa shape index (κ3) is 5.32. The summed E-state index contributed by atoms with van der Waals surface area (Å²) in [5, 5.41) is 2.58. The Morgan fingerprint density at radius 1 is 1.50 bits per heavy atom. The predicted molar refractivity (Wildman–Crippen MR) is 64.4 cm³/mol. The van der Waals surface area contributed by atoms with Crippen LogP contribution >= 0.6 is 11.8 Å². The van der Waals surface area contributed by atoms with E-state index in [1.807, 2.05) is 11.8 Å². The normalized spacial score (nSPS) is 11.1. The van der Waals surface area contributed by atoms with Crippen molar-refractivity contribution < 1.29 is 4.79 Å². The van der Waals surface area contributed by atoms with Gasteiger partial charge in [0, 0.05) is 16.9 Å². The lowest BCUT2D eigenvalue weighted by atomic mass is 10.1. The molecule has 2 nitrogen and oxygen atoms in total. The zero-order valence-electron chi connectivity index (χ0n) is 9.43. The highest BCUT2D eigenvalue weighted by atomic mass is 32.2. The minimum atomic E-state index is 0.0575. The second kappa shape index (κ2) is 6.93. The first-order valence-corrected chi connectivity index (χ1v) is 6.10. The van der Waals surface area contributed by atoms with E-state index in [4.69, 9.17) is 0 Å². The van der Waals surface area contributed by atoms with Gasteiger partial charge >= 0.3 is 0 Å². The molecule has 0 aliphatic carbocycles. The summed E-state index contributed by atoms with van der Waals surface area (Å²) in [5.41, 5.74) is 0. The lowest BCUT2D eigenvalue weighted by Gasteiger charge is -2.25. The molecule has 0 aromatic heterocycles. The van der Waals surface area contributed by atoms with Crippen LogP contribution in [0.1, 0.15) is 40.0 Å². The number of rotatable bonds is 7. The average Bonchev–Trinajstić information content (AvgIpc) is 2.18. The highest BCUT2D eigenvalue weighted by molar-refractivity contribution is 8.00. The molecule has 0 aromatic carbocycles. The maximum absolute atomic E-state index is 11.1. The van der Waals surface area contributed by atoms with Gasteiger partial charge in [0.2, 0.25) is 5.91 Å². The van der Waals surface area contributed by atoms with E-state index in [1.54, 1.807) is 0 Å². The molecule has 0 saturated carbocycles. The zero-order valence-corrected chi connectivity index (χ0v) is 10.2. The monoisotopic (exact) mass is 215 g/mol. The van der Waals surface area contributed by atoms with Gasteiger partial charge in [-0.2, -0.15) is 11.8 Å². The van der Waals surface area contributed by atoms with Crippen molar-refractivity contribution in [3.05, 3.63) is 12.8 Å². The van der Waals surface area contributed by atoms with E-state index < -0.39 is 0 Å². The number of hydrogen-bond donors (Lipinski definition) is 1. The summed E-state index contributed by atoms with van der Waals surface area (Å²) in [5.74, 6) is 0.944. The Hall–Kier alpha value is -0.440. The van der Waals surface area contributed by atoms with Gasteiger partial charge in [-0.15, -0.1) is 0 Å². The van der Waals surface area contributed by atoms with Gasteiger partial charge in [0.25, 0.3) is 0 Å². The first kappa shape index (κ1) is 13.6. The zero-order chi connectivity index (χ0) is 11.0. The molecule has 14 heavy (non-hydrogen) atoms. The van der Waals surface area contributed by atoms with Crippen molar-refractivity contribution in [2.75, 3.05) is 5.75 Å². The van der Waals surface area contributed by atoms with E-state index in [-0.39, 0.29) is 5.91 Å². The van der Waals surface area contributed by atoms with Crippen molar-refractivity contribution in [1.29, 1.82) is 0 Å². The van der Waals surface area contributed by atoms with Gasteiger partial charge in [0.05, 0.1) is 0 Å². The van der Waals surface area contributed by atoms with E-state index in [9.17, 15) is 4.79 Å². The molecule has 0 heterocycles. The van der Waals surface area contributed by atoms with Gasteiger partial charge in [-0.05, 0) is 19.0 Å². The molecular formula is C11H21NOS. The van der Waals surface area contributed by atoms with Crippen molar-refractivity contribution >= 4 is 17.7 Å². The molecule has 0 spiro atoms. The summed E-state index contributed by atoms with van der Waals surface area (Å²) in [6.45, 7) is 10.1. The average molecular weight is 215 g/mol. The fraction of sp³-hybridized carbons (Fsp3) is 0.727. The Balaban J connectivity index is 3.71. The molecule has 0 radical (unpaired) electrons. The number of nitrogens with one attached hydrogen (secondary N) is 1. The van der Waals surface area contributed by atoms with Crippen LogP contribution in [0, 0.1) is 0 Å². The lowest BCUT2D eigenvalue weighted by Crippen LogP contribution is -2.21. The van der Waals surface area contributed by atoms with Crippen molar-refractivity contribution in [2.24, 2.45) is 0 Å². The Labute approximate surface area is 91.5 Å². The fourth-order valence-corrected chi connectivity index (χ4v) is 2.22. The smallest absolute Gasteiger partial charge is 0.224 e. The molecule has 0 aliphatic rings. The topological polar surface area (TPSA) is 29.1 Å². The molecule has 3 heteroatoms. The SMILES string of the molecule is C=CNC(=O)CCSC(C)(CC)CC. The van der Waals surface area contributed by atoms with E-state index in [0.717, 1.165) is 18.6 Å². The Morgan fingerprint density at radius 3 is 2.50 bits per heavy atom. The molecule has 82 valence electrons. The molecule has 0 rings (SSSR count). The number of thioether (sulfide) groups is 1. The molecule has 0 unspecified atom stereocenters. The third-order valence-corrected chi connectivity index (χ3v) is 4.22. The fourth-order valence-electron chi connectivity index (χ4n) is 1.03. The molecule has 1 amide bonds. The molecule has 1 N–H and O–H groups in total. The minimum Gasteiger partial charge on any atom is -0.333 e. The van der Waals surface area contributed by atoms with Gasteiger partial charge in [-0.25, -0.2) is 0 Å². The Bertz CT molecular complexity index is 188.